The van der Waals surface area contributed by atoms with Crippen molar-refractivity contribution in [3.05, 3.63) is 29.3 Å². The number of thiazole rings is 1. The maximum Gasteiger partial charge on any atom is 0.0938 e. The van der Waals surface area contributed by atoms with Crippen LogP contribution in [0, 0.1) is 46.3 Å². The van der Waals surface area contributed by atoms with E-state index in [0.29, 0.717) is 17.4 Å². The molecule has 0 N–H and O–H groups in total. The number of nitrogens with zero attached hydrogens (tertiary/aromatic N) is 1. The highest BCUT2D eigenvalue weighted by atomic mass is 32.1. The van der Waals surface area contributed by atoms with Gasteiger partial charge in [-0.3, -0.25) is 0 Å². The van der Waals surface area contributed by atoms with Crippen molar-refractivity contribution in [3.63, 3.8) is 0 Å². The Hall–Kier alpha value is -1.46. The van der Waals surface area contributed by atoms with Crippen LogP contribution in [0.5, 0.6) is 0 Å². The molecule has 4 aliphatic carbocycles. The Morgan fingerprint density at radius 1 is 1.08 bits per heavy atom. The fourth-order valence-corrected chi connectivity index (χ4v) is 11.2. The summed E-state index contributed by atoms with van der Waals surface area (Å²) in [5.41, 5.74) is 2.10. The van der Waals surface area contributed by atoms with Crippen LogP contribution in [0.25, 0.3) is 10.2 Å². The van der Waals surface area contributed by atoms with Crippen molar-refractivity contribution in [3.8, 4) is 0 Å². The number of aromatic nitrogens is 1. The molecule has 4 nitrogen and oxygen atoms in total. The van der Waals surface area contributed by atoms with Crippen molar-refractivity contribution in [2.75, 3.05) is 6.61 Å². The van der Waals surface area contributed by atoms with Crippen molar-refractivity contribution in [1.29, 1.82) is 0 Å². The molecular formula is C33H46NO3S-. The number of para-hydroxylation sites is 1. The predicted molar refractivity (Wildman–Crippen MR) is 152 cm³/mol. The highest BCUT2D eigenvalue weighted by Gasteiger charge is 2.60. The quantitative estimate of drug-likeness (QED) is 0.363. The summed E-state index contributed by atoms with van der Waals surface area (Å²) in [6.45, 7) is 8.14. The molecule has 9 atom stereocenters. The van der Waals surface area contributed by atoms with E-state index in [4.69, 9.17) is 9.72 Å². The van der Waals surface area contributed by atoms with Crippen molar-refractivity contribution < 1.29 is 14.6 Å². The number of rotatable bonds is 8. The normalized spacial score (nSPS) is 39.3. The Bertz CT molecular complexity index is 1110. The van der Waals surface area contributed by atoms with Crippen LogP contribution in [0.15, 0.2) is 24.3 Å². The Kier molecular flexibility index (Phi) is 7.39. The lowest BCUT2D eigenvalue weighted by atomic mass is 9.44. The summed E-state index contributed by atoms with van der Waals surface area (Å²) in [4.78, 5) is 15.7. The standard InChI is InChI=1S/C33H47NO3S/c1-21(8-13-30-34-28-6-4-5-7-29(28)38-30)25-11-12-26-24-10-9-22-20-23(37-19-16-31(35)36)14-17-32(22,2)27(24)15-18-33(25,26)3/h4-7,21-27H,8-20H2,1-3H3,(H,35,36)/p-1/t21-,22-,23+,24-,25-,26+,27-,32+,33-/m1/s1. The zero-order valence-electron chi connectivity index (χ0n) is 23.6. The van der Waals surface area contributed by atoms with E-state index in [1.54, 1.807) is 0 Å². The van der Waals surface area contributed by atoms with Crippen molar-refractivity contribution in [2.24, 2.45) is 46.3 Å². The molecule has 1 aromatic carbocycles. The van der Waals surface area contributed by atoms with E-state index in [-0.39, 0.29) is 12.5 Å². The fourth-order valence-electron chi connectivity index (χ4n) is 10.2. The number of fused-ring (bicyclic) bond motifs is 6. The summed E-state index contributed by atoms with van der Waals surface area (Å²) in [6.07, 6.45) is 14.5. The van der Waals surface area contributed by atoms with Crippen LogP contribution < -0.4 is 5.11 Å². The number of hydrogen-bond donors (Lipinski definition) is 0. The number of carbonyl (C=O) groups is 1. The van der Waals surface area contributed by atoms with Gasteiger partial charge in [-0.15, -0.1) is 11.3 Å². The van der Waals surface area contributed by atoms with Crippen molar-refractivity contribution >= 4 is 27.5 Å². The topological polar surface area (TPSA) is 62.2 Å². The average molecular weight is 537 g/mol. The summed E-state index contributed by atoms with van der Waals surface area (Å²) in [7, 11) is 0. The molecule has 2 aromatic rings. The minimum Gasteiger partial charge on any atom is -0.550 e. The first kappa shape index (κ1) is 26.7. The first-order chi connectivity index (χ1) is 18.3. The molecule has 0 bridgehead atoms. The van der Waals surface area contributed by atoms with Crippen LogP contribution in [0.2, 0.25) is 0 Å². The van der Waals surface area contributed by atoms with Crippen LogP contribution >= 0.6 is 11.3 Å². The molecule has 0 aliphatic heterocycles. The van der Waals surface area contributed by atoms with E-state index in [1.807, 2.05) is 11.3 Å². The highest BCUT2D eigenvalue weighted by molar-refractivity contribution is 7.18. The molecule has 1 aromatic heterocycles. The highest BCUT2D eigenvalue weighted by Crippen LogP contribution is 2.68. The number of benzene rings is 1. The van der Waals surface area contributed by atoms with Crippen LogP contribution in [0.1, 0.15) is 96.4 Å². The Morgan fingerprint density at radius 3 is 2.68 bits per heavy atom. The monoisotopic (exact) mass is 536 g/mol. The minimum atomic E-state index is -1.00. The molecule has 0 radical (unpaired) electrons. The van der Waals surface area contributed by atoms with Gasteiger partial charge in [0.25, 0.3) is 0 Å². The van der Waals surface area contributed by atoms with E-state index >= 15 is 0 Å². The number of aryl methyl sites for hydroxylation is 1. The largest absolute Gasteiger partial charge is 0.550 e. The van der Waals surface area contributed by atoms with Gasteiger partial charge in [-0.25, -0.2) is 4.98 Å². The van der Waals surface area contributed by atoms with Gasteiger partial charge in [0.05, 0.1) is 27.9 Å². The Balaban J connectivity index is 1.09. The second-order valence-electron chi connectivity index (χ2n) is 13.9. The molecule has 0 spiro atoms. The van der Waals surface area contributed by atoms with E-state index in [0.717, 1.165) is 60.3 Å². The first-order valence-electron chi connectivity index (χ1n) is 15.4. The molecule has 4 saturated carbocycles. The van der Waals surface area contributed by atoms with Gasteiger partial charge in [-0.2, -0.15) is 0 Å². The molecule has 4 aliphatic rings. The number of carboxylic acids is 1. The third-order valence-corrected chi connectivity index (χ3v) is 13.3. The van der Waals surface area contributed by atoms with Crippen LogP contribution in [0.4, 0.5) is 0 Å². The van der Waals surface area contributed by atoms with E-state index in [1.165, 1.54) is 61.1 Å². The van der Waals surface area contributed by atoms with Crippen LogP contribution in [-0.2, 0) is 16.0 Å². The summed E-state index contributed by atoms with van der Waals surface area (Å²) in [5, 5.41) is 12.1. The zero-order chi connectivity index (χ0) is 26.5. The summed E-state index contributed by atoms with van der Waals surface area (Å²) in [5.74, 6) is 3.99. The second-order valence-corrected chi connectivity index (χ2v) is 15.0. The van der Waals surface area contributed by atoms with Gasteiger partial charge in [-0.05, 0) is 129 Å². The third-order valence-electron chi connectivity index (χ3n) is 12.2. The molecule has 0 amide bonds. The molecule has 38 heavy (non-hydrogen) atoms. The number of aliphatic carboxylic acids is 1. The summed E-state index contributed by atoms with van der Waals surface area (Å²) >= 11 is 1.89. The van der Waals surface area contributed by atoms with Gasteiger partial charge in [0.1, 0.15) is 0 Å². The third kappa shape index (κ3) is 4.74. The number of carbonyl (C=O) groups excluding carboxylic acids is 1. The number of ether oxygens (including phenoxy) is 1. The lowest BCUT2D eigenvalue weighted by Crippen LogP contribution is -2.54. The zero-order valence-corrected chi connectivity index (χ0v) is 24.4. The van der Waals surface area contributed by atoms with Gasteiger partial charge < -0.3 is 14.6 Å². The van der Waals surface area contributed by atoms with Gasteiger partial charge in [0, 0.05) is 12.4 Å². The molecule has 0 unspecified atom stereocenters. The van der Waals surface area contributed by atoms with Gasteiger partial charge in [-0.1, -0.05) is 32.9 Å². The lowest BCUT2D eigenvalue weighted by molar-refractivity contribution is -0.306. The van der Waals surface area contributed by atoms with Crippen LogP contribution in [-0.4, -0.2) is 23.7 Å². The molecule has 1 heterocycles. The summed E-state index contributed by atoms with van der Waals surface area (Å²) in [6, 6.07) is 8.56. The van der Waals surface area contributed by atoms with Crippen molar-refractivity contribution in [1.82, 2.24) is 4.98 Å². The van der Waals surface area contributed by atoms with Crippen LogP contribution in [0.3, 0.4) is 0 Å². The predicted octanol–water partition coefficient (Wildman–Crippen LogP) is 7.05. The Labute approximate surface area is 233 Å². The lowest BCUT2D eigenvalue weighted by Gasteiger charge is -2.61. The number of hydrogen-bond acceptors (Lipinski definition) is 5. The molecule has 4 fully saturated rings. The minimum absolute atomic E-state index is 0.0174. The molecule has 5 heteroatoms. The van der Waals surface area contributed by atoms with Gasteiger partial charge in [0.15, 0.2) is 0 Å². The SMILES string of the molecule is C[C@H](CCc1nc2ccccc2s1)[C@H]1CC[C@H]2[C@H]3CC[C@@H]4C[C@@H](OCCC(=O)[O-])CC[C@]4(C)[C@@H]3CC[C@]12C. The smallest absolute Gasteiger partial charge is 0.0938 e. The first-order valence-corrected chi connectivity index (χ1v) is 16.3. The van der Waals surface area contributed by atoms with E-state index < -0.39 is 5.97 Å². The fraction of sp³-hybridized carbons (Fsp3) is 0.758. The Morgan fingerprint density at radius 2 is 1.87 bits per heavy atom. The van der Waals surface area contributed by atoms with E-state index in [2.05, 4.69) is 45.0 Å². The molecule has 0 saturated heterocycles. The summed E-state index contributed by atoms with van der Waals surface area (Å²) < 4.78 is 7.32. The molecular weight excluding hydrogens is 490 g/mol. The second kappa shape index (κ2) is 10.5. The number of carboxylic acid groups (broad SMARTS) is 1. The average Bonchev–Trinajstić information content (AvgIpc) is 3.47. The van der Waals surface area contributed by atoms with E-state index in [9.17, 15) is 9.90 Å². The molecule has 6 rings (SSSR count). The van der Waals surface area contributed by atoms with Gasteiger partial charge in [0.2, 0.25) is 0 Å². The maximum absolute atomic E-state index is 10.8. The van der Waals surface area contributed by atoms with Crippen molar-refractivity contribution in [2.45, 2.75) is 104 Å². The van der Waals surface area contributed by atoms with Gasteiger partial charge >= 0.3 is 0 Å². The molecule has 208 valence electrons. The maximum atomic E-state index is 10.8.